The van der Waals surface area contributed by atoms with Gasteiger partial charge in [-0.25, -0.2) is 4.79 Å². The summed E-state index contributed by atoms with van der Waals surface area (Å²) in [7, 11) is 1.24. The quantitative estimate of drug-likeness (QED) is 0.230. The summed E-state index contributed by atoms with van der Waals surface area (Å²) in [5.41, 5.74) is 2.07. The molecule has 1 aliphatic heterocycles. The average Bonchev–Trinajstić information content (AvgIpc) is 3.33. The van der Waals surface area contributed by atoms with Crippen LogP contribution in [0.1, 0.15) is 12.7 Å². The number of benzene rings is 2. The smallest absolute Gasteiger partial charge is 0.343 e. The molecule has 5 nitrogen and oxygen atoms in total. The van der Waals surface area contributed by atoms with E-state index in [1.165, 1.54) is 7.11 Å². The second-order valence-corrected chi connectivity index (χ2v) is 8.20. The summed E-state index contributed by atoms with van der Waals surface area (Å²) in [6.45, 7) is 1.68. The summed E-state index contributed by atoms with van der Waals surface area (Å²) >= 11 is 18.1. The highest BCUT2D eigenvalue weighted by atomic mass is 35.5. The fourth-order valence-corrected chi connectivity index (χ4v) is 3.88. The summed E-state index contributed by atoms with van der Waals surface area (Å²) in [6.07, 6.45) is 1.58. The first-order valence-electron chi connectivity index (χ1n) is 9.46. The highest BCUT2D eigenvalue weighted by Crippen LogP contribution is 2.37. The van der Waals surface area contributed by atoms with Crippen LogP contribution in [0.2, 0.25) is 15.1 Å². The number of carbonyl (C=O) groups is 2. The van der Waals surface area contributed by atoms with E-state index in [4.69, 9.17) is 44.0 Å². The second-order valence-electron chi connectivity index (χ2n) is 6.95. The number of carbonyl (C=O) groups excluding carboxylic acids is 2. The van der Waals surface area contributed by atoms with E-state index in [0.717, 1.165) is 5.56 Å². The van der Waals surface area contributed by atoms with Crippen LogP contribution >= 0.6 is 34.8 Å². The molecule has 162 valence electrons. The Labute approximate surface area is 199 Å². The average molecular weight is 489 g/mol. The van der Waals surface area contributed by atoms with Crippen molar-refractivity contribution in [1.29, 1.82) is 0 Å². The number of methoxy groups -OCH3 is 1. The van der Waals surface area contributed by atoms with Crippen molar-refractivity contribution < 1.29 is 18.7 Å². The van der Waals surface area contributed by atoms with Gasteiger partial charge in [0, 0.05) is 28.0 Å². The van der Waals surface area contributed by atoms with E-state index < -0.39 is 11.8 Å². The van der Waals surface area contributed by atoms with Crippen molar-refractivity contribution in [2.75, 3.05) is 12.0 Å². The molecule has 0 N–H and O–H groups in total. The van der Waals surface area contributed by atoms with Crippen LogP contribution in [0, 0.1) is 0 Å². The van der Waals surface area contributed by atoms with Gasteiger partial charge in [0.15, 0.2) is 0 Å². The predicted molar refractivity (Wildman–Crippen MR) is 126 cm³/mol. The molecule has 3 aromatic rings. The Balaban J connectivity index is 1.77. The van der Waals surface area contributed by atoms with Gasteiger partial charge in [0.25, 0.3) is 0 Å². The third-order valence-corrected chi connectivity index (χ3v) is 5.97. The van der Waals surface area contributed by atoms with Gasteiger partial charge in [0.05, 0.1) is 22.9 Å². The Kier molecular flexibility index (Phi) is 6.15. The molecular weight excluding hydrogens is 473 g/mol. The van der Waals surface area contributed by atoms with Crippen LogP contribution in [0.4, 0.5) is 5.69 Å². The number of halogens is 3. The first-order valence-corrected chi connectivity index (χ1v) is 10.6. The minimum Gasteiger partial charge on any atom is -0.465 e. The zero-order chi connectivity index (χ0) is 23.0. The molecule has 1 aromatic heterocycles. The Morgan fingerprint density at radius 2 is 1.72 bits per heavy atom. The fourth-order valence-electron chi connectivity index (χ4n) is 3.45. The molecule has 0 amide bonds. The maximum atomic E-state index is 13.2. The van der Waals surface area contributed by atoms with Gasteiger partial charge < -0.3 is 14.1 Å². The number of nitrogens with zero attached hydrogens (tertiary/aromatic N) is 1. The molecule has 0 atom stereocenters. The van der Waals surface area contributed by atoms with Crippen molar-refractivity contribution in [3.63, 3.8) is 0 Å². The first-order chi connectivity index (χ1) is 15.3. The van der Waals surface area contributed by atoms with Gasteiger partial charge >= 0.3 is 5.97 Å². The van der Waals surface area contributed by atoms with Gasteiger partial charge in [0.1, 0.15) is 17.1 Å². The van der Waals surface area contributed by atoms with Gasteiger partial charge in [-0.05, 0) is 61.5 Å². The molecular formula is C24H16Cl3NO4. The molecule has 32 heavy (non-hydrogen) atoms. The van der Waals surface area contributed by atoms with Crippen molar-refractivity contribution >= 4 is 58.3 Å². The molecule has 0 unspecified atom stereocenters. The molecule has 2 heterocycles. The van der Waals surface area contributed by atoms with Crippen LogP contribution in [-0.4, -0.2) is 18.9 Å². The summed E-state index contributed by atoms with van der Waals surface area (Å²) in [5, 5.41) is 1.40. The lowest BCUT2D eigenvalue weighted by Gasteiger charge is -2.21. The van der Waals surface area contributed by atoms with Crippen LogP contribution in [0.15, 0.2) is 76.0 Å². The van der Waals surface area contributed by atoms with Crippen LogP contribution in [0.25, 0.3) is 17.4 Å². The number of furan rings is 1. The van der Waals surface area contributed by atoms with E-state index in [9.17, 15) is 9.59 Å². The standard InChI is InChI=1S/C24H16Cl3NO4/c1-13-22(24(30)31-2)23(29)20(28(13)16-6-4-15(25)5-7-16)12-17-8-10-21(32-17)14-3-9-18(26)19(27)11-14/h3-12H,1-2H3/b20-12+. The van der Waals surface area contributed by atoms with Crippen LogP contribution in [0.5, 0.6) is 0 Å². The number of Topliss-reactive ketones (excluding diaryl/α,β-unsaturated/α-hetero) is 1. The summed E-state index contributed by atoms with van der Waals surface area (Å²) in [6, 6.07) is 15.6. The van der Waals surface area contributed by atoms with Gasteiger partial charge in [-0.2, -0.15) is 0 Å². The minimum absolute atomic E-state index is 0.0371. The van der Waals surface area contributed by atoms with Gasteiger partial charge in [-0.3, -0.25) is 4.79 Å². The topological polar surface area (TPSA) is 59.8 Å². The maximum Gasteiger partial charge on any atom is 0.343 e. The van der Waals surface area contributed by atoms with E-state index in [1.807, 2.05) is 0 Å². The SMILES string of the molecule is COC(=O)C1=C(C)N(c2ccc(Cl)cc2)/C(=C/c2ccc(-c3ccc(Cl)c(Cl)c3)o2)C1=O. The van der Waals surface area contributed by atoms with E-state index in [2.05, 4.69) is 0 Å². The summed E-state index contributed by atoms with van der Waals surface area (Å²) < 4.78 is 10.7. The normalized spacial score (nSPS) is 15.1. The lowest BCUT2D eigenvalue weighted by Crippen LogP contribution is -2.18. The highest BCUT2D eigenvalue weighted by Gasteiger charge is 2.38. The number of hydrogen-bond donors (Lipinski definition) is 0. The highest BCUT2D eigenvalue weighted by molar-refractivity contribution is 6.42. The van der Waals surface area contributed by atoms with Crippen molar-refractivity contribution in [3.8, 4) is 11.3 Å². The molecule has 0 radical (unpaired) electrons. The monoisotopic (exact) mass is 487 g/mol. The molecule has 0 fully saturated rings. The zero-order valence-corrected chi connectivity index (χ0v) is 19.3. The molecule has 0 spiro atoms. The predicted octanol–water partition coefficient (Wildman–Crippen LogP) is 6.78. The number of ketones is 1. The van der Waals surface area contributed by atoms with Gasteiger partial charge in [-0.1, -0.05) is 34.8 Å². The summed E-state index contributed by atoms with van der Waals surface area (Å²) in [5.74, 6) is -0.188. The van der Waals surface area contributed by atoms with E-state index in [1.54, 1.807) is 72.5 Å². The van der Waals surface area contributed by atoms with Gasteiger partial charge in [-0.15, -0.1) is 0 Å². The molecule has 2 aromatic carbocycles. The fraction of sp³-hybridized carbons (Fsp3) is 0.0833. The third kappa shape index (κ3) is 4.07. The minimum atomic E-state index is -0.703. The van der Waals surface area contributed by atoms with Gasteiger partial charge in [0.2, 0.25) is 5.78 Å². The molecule has 0 aliphatic carbocycles. The Hall–Kier alpha value is -2.99. The largest absolute Gasteiger partial charge is 0.465 e. The maximum absolute atomic E-state index is 13.2. The van der Waals surface area contributed by atoms with Crippen molar-refractivity contribution in [2.24, 2.45) is 0 Å². The zero-order valence-electron chi connectivity index (χ0n) is 17.0. The lowest BCUT2D eigenvalue weighted by molar-refractivity contribution is -0.137. The molecule has 4 rings (SSSR count). The second kappa shape index (κ2) is 8.87. The number of hydrogen-bond acceptors (Lipinski definition) is 5. The van der Waals surface area contributed by atoms with Crippen molar-refractivity contribution in [1.82, 2.24) is 0 Å². The van der Waals surface area contributed by atoms with Crippen molar-refractivity contribution in [3.05, 3.63) is 92.4 Å². The Bertz CT molecular complexity index is 1290. The Morgan fingerprint density at radius 3 is 2.38 bits per heavy atom. The van der Waals surface area contributed by atoms with Crippen molar-refractivity contribution in [2.45, 2.75) is 6.92 Å². The number of rotatable bonds is 4. The number of allylic oxidation sites excluding steroid dienone is 2. The van der Waals surface area contributed by atoms with Crippen LogP contribution in [0.3, 0.4) is 0 Å². The molecule has 0 bridgehead atoms. The van der Waals surface area contributed by atoms with E-state index >= 15 is 0 Å². The lowest BCUT2D eigenvalue weighted by atomic mass is 10.1. The first kappa shape index (κ1) is 22.2. The molecule has 0 saturated carbocycles. The Morgan fingerprint density at radius 1 is 1.00 bits per heavy atom. The number of ether oxygens (including phenoxy) is 1. The van der Waals surface area contributed by atoms with E-state index in [-0.39, 0.29) is 11.3 Å². The summed E-state index contributed by atoms with van der Waals surface area (Å²) in [4.78, 5) is 27.1. The third-order valence-electron chi connectivity index (χ3n) is 4.98. The molecule has 0 saturated heterocycles. The molecule has 8 heteroatoms. The molecule has 1 aliphatic rings. The van der Waals surface area contributed by atoms with E-state index in [0.29, 0.717) is 38.0 Å². The van der Waals surface area contributed by atoms with Crippen LogP contribution in [-0.2, 0) is 14.3 Å². The number of anilines is 1. The number of esters is 1. The van der Waals surface area contributed by atoms with Crippen LogP contribution < -0.4 is 4.90 Å².